The van der Waals surface area contributed by atoms with Gasteiger partial charge in [-0.25, -0.2) is 0 Å². The van der Waals surface area contributed by atoms with E-state index in [9.17, 15) is 10.2 Å². The maximum Gasteiger partial charge on any atom is 0.119 e. The maximum atomic E-state index is 11.0. The molecule has 1 saturated carbocycles. The zero-order valence-corrected chi connectivity index (χ0v) is 11.2. The molecule has 0 aromatic heterocycles. The number of rotatable bonds is 0. The van der Waals surface area contributed by atoms with Crippen LogP contribution in [-0.2, 0) is 0 Å². The van der Waals surface area contributed by atoms with E-state index in [1.165, 1.54) is 5.57 Å². The predicted molar refractivity (Wildman–Crippen MR) is 67.5 cm³/mol. The lowest BCUT2D eigenvalue weighted by Crippen LogP contribution is -2.60. The summed E-state index contributed by atoms with van der Waals surface area (Å²) in [6.45, 7) is 8.16. The summed E-state index contributed by atoms with van der Waals surface area (Å²) < 4.78 is 0. The summed E-state index contributed by atoms with van der Waals surface area (Å²) in [6.07, 6.45) is 6.85. The van der Waals surface area contributed by atoms with Crippen molar-refractivity contribution in [1.82, 2.24) is 0 Å². The molecular formula is C15H22O2. The molecule has 0 unspecified atom stereocenters. The van der Waals surface area contributed by atoms with Gasteiger partial charge in [0.05, 0.1) is 0 Å². The fourth-order valence-electron chi connectivity index (χ4n) is 4.12. The first-order valence-corrected chi connectivity index (χ1v) is 6.52. The molecule has 1 fully saturated rings. The highest BCUT2D eigenvalue weighted by Gasteiger charge is 2.70. The third kappa shape index (κ3) is 1.13. The average Bonchev–Trinajstić information content (AvgIpc) is 2.89. The van der Waals surface area contributed by atoms with Crippen LogP contribution in [0.25, 0.3) is 0 Å². The number of fused-ring (bicyclic) bond motifs is 1. The molecule has 3 rings (SSSR count). The molecule has 0 saturated heterocycles. The lowest BCUT2D eigenvalue weighted by molar-refractivity contribution is -0.159. The van der Waals surface area contributed by atoms with Gasteiger partial charge in [0.25, 0.3) is 0 Å². The summed E-state index contributed by atoms with van der Waals surface area (Å²) in [6, 6.07) is 0. The molecule has 2 atom stereocenters. The smallest absolute Gasteiger partial charge is 0.119 e. The van der Waals surface area contributed by atoms with Crippen molar-refractivity contribution >= 4 is 0 Å². The van der Waals surface area contributed by atoms with Crippen LogP contribution in [0.3, 0.4) is 0 Å². The Kier molecular flexibility index (Phi) is 1.82. The second-order valence-corrected chi connectivity index (χ2v) is 7.11. The van der Waals surface area contributed by atoms with Gasteiger partial charge in [0.1, 0.15) is 11.2 Å². The van der Waals surface area contributed by atoms with E-state index in [-0.39, 0.29) is 10.8 Å². The largest absolute Gasteiger partial charge is 0.386 e. The molecule has 0 heterocycles. The summed E-state index contributed by atoms with van der Waals surface area (Å²) >= 11 is 0. The van der Waals surface area contributed by atoms with Crippen LogP contribution in [0.4, 0.5) is 0 Å². The van der Waals surface area contributed by atoms with Crippen LogP contribution in [-0.4, -0.2) is 21.4 Å². The van der Waals surface area contributed by atoms with Gasteiger partial charge in [-0.3, -0.25) is 0 Å². The van der Waals surface area contributed by atoms with Crippen LogP contribution in [0, 0.1) is 10.8 Å². The second-order valence-electron chi connectivity index (χ2n) is 7.11. The van der Waals surface area contributed by atoms with Crippen molar-refractivity contribution in [3.8, 4) is 0 Å². The third-order valence-electron chi connectivity index (χ3n) is 5.35. The van der Waals surface area contributed by atoms with Crippen molar-refractivity contribution in [2.45, 2.75) is 58.2 Å². The topological polar surface area (TPSA) is 40.5 Å². The van der Waals surface area contributed by atoms with Gasteiger partial charge in [-0.05, 0) is 44.1 Å². The lowest BCUT2D eigenvalue weighted by Gasteiger charge is -2.50. The number of allylic oxidation sites excluding steroid dienone is 1. The van der Waals surface area contributed by atoms with Crippen LogP contribution in [0.2, 0.25) is 0 Å². The van der Waals surface area contributed by atoms with E-state index in [2.05, 4.69) is 32.9 Å². The molecule has 0 aromatic carbocycles. The molecule has 3 aliphatic carbocycles. The summed E-state index contributed by atoms with van der Waals surface area (Å²) in [4.78, 5) is 0. The summed E-state index contributed by atoms with van der Waals surface area (Å²) in [5, 5.41) is 22.0. The second kappa shape index (κ2) is 2.70. The molecule has 1 spiro atoms. The standard InChI is InChI=1S/C15H22O2/c1-10-7-11-8-12(2,3)9-15(11,17)13(4,16)14(10)5-6-14/h7-8,16-17H,5-6,9H2,1-4H3/t13-,15-/m0/s1. The molecular weight excluding hydrogens is 212 g/mol. The van der Waals surface area contributed by atoms with Gasteiger partial charge in [-0.2, -0.15) is 0 Å². The molecule has 2 nitrogen and oxygen atoms in total. The number of hydrogen-bond acceptors (Lipinski definition) is 2. The molecule has 0 radical (unpaired) electrons. The van der Waals surface area contributed by atoms with Gasteiger partial charge >= 0.3 is 0 Å². The van der Waals surface area contributed by atoms with Crippen molar-refractivity contribution in [1.29, 1.82) is 0 Å². The highest BCUT2D eigenvalue weighted by atomic mass is 16.4. The van der Waals surface area contributed by atoms with Crippen LogP contribution in [0.5, 0.6) is 0 Å². The summed E-state index contributed by atoms with van der Waals surface area (Å²) in [7, 11) is 0. The third-order valence-corrected chi connectivity index (χ3v) is 5.35. The van der Waals surface area contributed by atoms with E-state index >= 15 is 0 Å². The minimum atomic E-state index is -1.06. The van der Waals surface area contributed by atoms with Gasteiger partial charge in [0.2, 0.25) is 0 Å². The zero-order valence-electron chi connectivity index (χ0n) is 11.2. The Morgan fingerprint density at radius 3 is 2.24 bits per heavy atom. The Morgan fingerprint density at radius 2 is 1.71 bits per heavy atom. The molecule has 2 N–H and O–H groups in total. The van der Waals surface area contributed by atoms with Crippen LogP contribution in [0.1, 0.15) is 47.0 Å². The molecule has 0 aromatic rings. The Hall–Kier alpha value is -0.600. The van der Waals surface area contributed by atoms with Gasteiger partial charge in [0, 0.05) is 5.41 Å². The highest BCUT2D eigenvalue weighted by Crippen LogP contribution is 2.68. The van der Waals surface area contributed by atoms with Crippen LogP contribution in [0.15, 0.2) is 23.3 Å². The van der Waals surface area contributed by atoms with E-state index in [4.69, 9.17) is 0 Å². The zero-order chi connectivity index (χ0) is 12.7. The first kappa shape index (κ1) is 11.5. The minimum absolute atomic E-state index is 0.0364. The van der Waals surface area contributed by atoms with Crippen LogP contribution < -0.4 is 0 Å². The average molecular weight is 234 g/mol. The van der Waals surface area contributed by atoms with Crippen molar-refractivity contribution in [3.05, 3.63) is 23.3 Å². The SMILES string of the molecule is CC1=CC2=CC(C)(C)C[C@@]2(O)[C@@](C)(O)C12CC2. The molecule has 0 amide bonds. The maximum absolute atomic E-state index is 11.0. The Balaban J connectivity index is 2.20. The van der Waals surface area contributed by atoms with Gasteiger partial charge in [-0.1, -0.05) is 31.6 Å². The molecule has 2 heteroatoms. The van der Waals surface area contributed by atoms with E-state index in [1.807, 2.05) is 6.92 Å². The normalized spacial score (nSPS) is 45.3. The Labute approximate surface area is 103 Å². The van der Waals surface area contributed by atoms with Gasteiger partial charge in [-0.15, -0.1) is 0 Å². The molecule has 0 aliphatic heterocycles. The fourth-order valence-corrected chi connectivity index (χ4v) is 4.12. The quantitative estimate of drug-likeness (QED) is 0.676. The Morgan fingerprint density at radius 1 is 1.12 bits per heavy atom. The van der Waals surface area contributed by atoms with E-state index in [1.54, 1.807) is 0 Å². The molecule has 94 valence electrons. The fraction of sp³-hybridized carbons (Fsp3) is 0.733. The molecule has 0 bridgehead atoms. The molecule has 3 aliphatic rings. The van der Waals surface area contributed by atoms with Crippen molar-refractivity contribution < 1.29 is 10.2 Å². The lowest BCUT2D eigenvalue weighted by atomic mass is 9.62. The number of hydrogen-bond donors (Lipinski definition) is 2. The first-order valence-electron chi connectivity index (χ1n) is 6.52. The summed E-state index contributed by atoms with van der Waals surface area (Å²) in [5.41, 5.74) is -0.144. The predicted octanol–water partition coefficient (Wildman–Crippen LogP) is 2.56. The van der Waals surface area contributed by atoms with Crippen molar-refractivity contribution in [2.24, 2.45) is 10.8 Å². The van der Waals surface area contributed by atoms with Gasteiger partial charge < -0.3 is 10.2 Å². The first-order chi connectivity index (χ1) is 7.65. The highest BCUT2D eigenvalue weighted by molar-refractivity contribution is 5.51. The van der Waals surface area contributed by atoms with E-state index in [0.29, 0.717) is 6.42 Å². The van der Waals surface area contributed by atoms with Crippen molar-refractivity contribution in [2.75, 3.05) is 0 Å². The van der Waals surface area contributed by atoms with E-state index in [0.717, 1.165) is 18.4 Å². The molecule has 17 heavy (non-hydrogen) atoms. The van der Waals surface area contributed by atoms with Gasteiger partial charge in [0.15, 0.2) is 0 Å². The van der Waals surface area contributed by atoms with Crippen molar-refractivity contribution in [3.63, 3.8) is 0 Å². The number of aliphatic hydroxyl groups is 2. The van der Waals surface area contributed by atoms with E-state index < -0.39 is 11.2 Å². The minimum Gasteiger partial charge on any atom is -0.386 e. The Bertz CT molecular complexity index is 450. The van der Waals surface area contributed by atoms with Crippen LogP contribution >= 0.6 is 0 Å². The monoisotopic (exact) mass is 234 g/mol. The summed E-state index contributed by atoms with van der Waals surface area (Å²) in [5.74, 6) is 0.